The Bertz CT molecular complexity index is 1510. The number of hydrogen-bond acceptors (Lipinski definition) is 4. The van der Waals surface area contributed by atoms with Crippen LogP contribution < -0.4 is 9.62 Å². The van der Waals surface area contributed by atoms with E-state index < -0.39 is 28.5 Å². The first-order valence-corrected chi connectivity index (χ1v) is 16.2. The van der Waals surface area contributed by atoms with E-state index in [1.54, 1.807) is 42.5 Å². The van der Waals surface area contributed by atoms with Gasteiger partial charge in [0.1, 0.15) is 12.6 Å². The Hall–Kier alpha value is -3.07. The highest BCUT2D eigenvalue weighted by Crippen LogP contribution is 2.28. The lowest BCUT2D eigenvalue weighted by Crippen LogP contribution is -2.53. The molecule has 3 aromatic rings. The van der Waals surface area contributed by atoms with Crippen molar-refractivity contribution in [3.8, 4) is 0 Å². The van der Waals surface area contributed by atoms with Crippen molar-refractivity contribution in [2.45, 2.75) is 77.9 Å². The van der Waals surface area contributed by atoms with Crippen LogP contribution in [0.5, 0.6) is 0 Å². The van der Waals surface area contributed by atoms with Gasteiger partial charge in [0.2, 0.25) is 11.8 Å². The SMILES string of the molecule is CCC(C)NC(=O)C(CC)N(Cc1ccc(Cl)cc1Cl)C(=O)CN(c1cc(C)cc(C)c1)S(=O)(=O)c1ccc(C)cc1. The molecule has 2 amide bonds. The maximum atomic E-state index is 14.2. The molecule has 10 heteroatoms. The zero-order valence-corrected chi connectivity index (χ0v) is 27.3. The molecule has 0 spiro atoms. The van der Waals surface area contributed by atoms with Gasteiger partial charge in [-0.1, -0.05) is 66.9 Å². The largest absolute Gasteiger partial charge is 0.352 e. The summed E-state index contributed by atoms with van der Waals surface area (Å²) in [6, 6.07) is 15.9. The molecule has 42 heavy (non-hydrogen) atoms. The van der Waals surface area contributed by atoms with Crippen LogP contribution >= 0.6 is 23.2 Å². The van der Waals surface area contributed by atoms with Crippen molar-refractivity contribution in [2.24, 2.45) is 0 Å². The first kappa shape index (κ1) is 33.4. The fourth-order valence-corrected chi connectivity index (χ4v) is 6.52. The lowest BCUT2D eigenvalue weighted by molar-refractivity contribution is -0.140. The second-order valence-corrected chi connectivity index (χ2v) is 13.4. The predicted molar refractivity (Wildman–Crippen MR) is 171 cm³/mol. The van der Waals surface area contributed by atoms with E-state index in [2.05, 4.69) is 5.32 Å². The average molecular weight is 633 g/mol. The number of benzene rings is 3. The van der Waals surface area contributed by atoms with Crippen LogP contribution in [0, 0.1) is 20.8 Å². The topological polar surface area (TPSA) is 86.8 Å². The molecule has 0 saturated heterocycles. The first-order chi connectivity index (χ1) is 19.8. The number of rotatable bonds is 12. The molecule has 0 heterocycles. The molecule has 0 aliphatic carbocycles. The summed E-state index contributed by atoms with van der Waals surface area (Å²) >= 11 is 12.6. The number of nitrogens with zero attached hydrogens (tertiary/aromatic N) is 2. The molecule has 0 bridgehead atoms. The van der Waals surface area contributed by atoms with Gasteiger partial charge in [-0.2, -0.15) is 0 Å². The zero-order chi connectivity index (χ0) is 31.2. The Balaban J connectivity index is 2.12. The van der Waals surface area contributed by atoms with Gasteiger partial charge in [0.15, 0.2) is 0 Å². The third-order valence-electron chi connectivity index (χ3n) is 7.13. The summed E-state index contributed by atoms with van der Waals surface area (Å²) in [4.78, 5) is 29.1. The summed E-state index contributed by atoms with van der Waals surface area (Å²) in [5, 5.41) is 3.75. The van der Waals surface area contributed by atoms with E-state index in [0.29, 0.717) is 34.1 Å². The normalized spacial score (nSPS) is 12.9. The van der Waals surface area contributed by atoms with E-state index in [-0.39, 0.29) is 23.4 Å². The van der Waals surface area contributed by atoms with Crippen molar-refractivity contribution in [2.75, 3.05) is 10.8 Å². The van der Waals surface area contributed by atoms with Crippen LogP contribution in [0.25, 0.3) is 0 Å². The number of carbonyl (C=O) groups excluding carboxylic acids is 2. The Morgan fingerprint density at radius 2 is 1.48 bits per heavy atom. The van der Waals surface area contributed by atoms with Gasteiger partial charge in [-0.25, -0.2) is 8.42 Å². The number of aryl methyl sites for hydroxylation is 3. The van der Waals surface area contributed by atoms with E-state index >= 15 is 0 Å². The molecule has 2 unspecified atom stereocenters. The minimum absolute atomic E-state index is 0.00741. The molecule has 0 radical (unpaired) electrons. The Labute approximate surface area is 259 Å². The molecule has 0 aliphatic heterocycles. The molecule has 0 aromatic heterocycles. The van der Waals surface area contributed by atoms with Crippen molar-refractivity contribution < 1.29 is 18.0 Å². The number of hydrogen-bond donors (Lipinski definition) is 1. The van der Waals surface area contributed by atoms with Crippen LogP contribution in [-0.2, 0) is 26.2 Å². The molecule has 1 N–H and O–H groups in total. The number of halogens is 2. The number of carbonyl (C=O) groups is 2. The highest BCUT2D eigenvalue weighted by atomic mass is 35.5. The second-order valence-electron chi connectivity index (χ2n) is 10.7. The van der Waals surface area contributed by atoms with Crippen molar-refractivity contribution in [1.82, 2.24) is 10.2 Å². The third-order valence-corrected chi connectivity index (χ3v) is 9.50. The first-order valence-electron chi connectivity index (χ1n) is 14.0. The summed E-state index contributed by atoms with van der Waals surface area (Å²) < 4.78 is 29.3. The predicted octanol–water partition coefficient (Wildman–Crippen LogP) is 6.84. The molecular formula is C32H39Cl2N3O4S. The highest BCUT2D eigenvalue weighted by molar-refractivity contribution is 7.92. The van der Waals surface area contributed by atoms with Gasteiger partial charge in [0, 0.05) is 22.6 Å². The summed E-state index contributed by atoms with van der Waals surface area (Å²) in [5.41, 5.74) is 3.56. The Kier molecular flexibility index (Phi) is 11.5. The van der Waals surface area contributed by atoms with Gasteiger partial charge in [0.05, 0.1) is 10.6 Å². The van der Waals surface area contributed by atoms with Gasteiger partial charge in [-0.15, -0.1) is 0 Å². The second kappa shape index (κ2) is 14.4. The van der Waals surface area contributed by atoms with Crippen LogP contribution in [0.3, 0.4) is 0 Å². The van der Waals surface area contributed by atoms with Crippen molar-refractivity contribution in [1.29, 1.82) is 0 Å². The van der Waals surface area contributed by atoms with E-state index in [0.717, 1.165) is 21.0 Å². The van der Waals surface area contributed by atoms with E-state index in [1.807, 2.05) is 47.6 Å². The molecule has 0 saturated carbocycles. The van der Waals surface area contributed by atoms with Crippen LogP contribution in [-0.4, -0.2) is 43.8 Å². The van der Waals surface area contributed by atoms with Gasteiger partial charge < -0.3 is 10.2 Å². The van der Waals surface area contributed by atoms with E-state index in [9.17, 15) is 18.0 Å². The Morgan fingerprint density at radius 3 is 2.02 bits per heavy atom. The molecule has 7 nitrogen and oxygen atoms in total. The van der Waals surface area contributed by atoms with Crippen LogP contribution in [0.1, 0.15) is 55.9 Å². The lowest BCUT2D eigenvalue weighted by atomic mass is 10.1. The minimum atomic E-state index is -4.15. The lowest BCUT2D eigenvalue weighted by Gasteiger charge is -2.34. The van der Waals surface area contributed by atoms with Crippen LogP contribution in [0.15, 0.2) is 65.6 Å². The van der Waals surface area contributed by atoms with Crippen LogP contribution in [0.4, 0.5) is 5.69 Å². The fraction of sp³-hybridized carbons (Fsp3) is 0.375. The van der Waals surface area contributed by atoms with Gasteiger partial charge in [-0.3, -0.25) is 13.9 Å². The fourth-order valence-electron chi connectivity index (χ4n) is 4.65. The average Bonchev–Trinajstić information content (AvgIpc) is 2.92. The zero-order valence-electron chi connectivity index (χ0n) is 24.9. The molecule has 0 aliphatic rings. The standard InChI is InChI=1S/C32H39Cl2N3O4S/c1-7-24(6)35-32(39)30(8-2)36(19-25-11-12-26(33)18-29(25)34)31(38)20-37(27-16-22(4)15-23(5)17-27)42(40,41)28-13-9-21(3)10-14-28/h9-18,24,30H,7-8,19-20H2,1-6H3,(H,35,39). The molecule has 0 fully saturated rings. The van der Waals surface area contributed by atoms with E-state index in [1.165, 1.54) is 17.0 Å². The van der Waals surface area contributed by atoms with Crippen molar-refractivity contribution in [3.05, 3.63) is 93.0 Å². The minimum Gasteiger partial charge on any atom is -0.352 e. The maximum Gasteiger partial charge on any atom is 0.264 e. The van der Waals surface area contributed by atoms with Gasteiger partial charge in [0.25, 0.3) is 10.0 Å². The summed E-state index contributed by atoms with van der Waals surface area (Å²) in [6.07, 6.45) is 1.03. The summed E-state index contributed by atoms with van der Waals surface area (Å²) in [6.45, 7) is 10.8. The quantitative estimate of drug-likeness (QED) is 0.237. The molecule has 2 atom stereocenters. The molecule has 3 aromatic carbocycles. The number of nitrogens with one attached hydrogen (secondary N) is 1. The molecular weight excluding hydrogens is 593 g/mol. The van der Waals surface area contributed by atoms with Crippen molar-refractivity contribution in [3.63, 3.8) is 0 Å². The molecule has 3 rings (SSSR count). The molecule has 226 valence electrons. The van der Waals surface area contributed by atoms with Gasteiger partial charge >= 0.3 is 0 Å². The maximum absolute atomic E-state index is 14.2. The van der Waals surface area contributed by atoms with Crippen molar-refractivity contribution >= 4 is 50.7 Å². The number of sulfonamides is 1. The summed E-state index contributed by atoms with van der Waals surface area (Å²) in [7, 11) is -4.15. The monoisotopic (exact) mass is 631 g/mol. The third kappa shape index (κ3) is 8.27. The summed E-state index contributed by atoms with van der Waals surface area (Å²) in [5.74, 6) is -0.855. The number of amides is 2. The Morgan fingerprint density at radius 1 is 0.857 bits per heavy atom. The van der Waals surface area contributed by atoms with E-state index in [4.69, 9.17) is 23.2 Å². The number of anilines is 1. The van der Waals surface area contributed by atoms with Crippen LogP contribution in [0.2, 0.25) is 10.0 Å². The highest BCUT2D eigenvalue weighted by Gasteiger charge is 2.34. The van der Waals surface area contributed by atoms with Gasteiger partial charge in [-0.05, 0) is 93.6 Å². The smallest absolute Gasteiger partial charge is 0.264 e.